The lowest BCUT2D eigenvalue weighted by Crippen LogP contribution is -2.51. The van der Waals surface area contributed by atoms with E-state index in [9.17, 15) is 5.11 Å². The van der Waals surface area contributed by atoms with Crippen molar-refractivity contribution >= 4 is 11.5 Å². The predicted octanol–water partition coefficient (Wildman–Crippen LogP) is -0.0255. The Hall–Kier alpha value is -1.23. The first-order valence-corrected chi connectivity index (χ1v) is 4.89. The van der Waals surface area contributed by atoms with Crippen LogP contribution >= 0.6 is 0 Å². The van der Waals surface area contributed by atoms with Crippen LogP contribution in [-0.2, 0) is 6.54 Å². The van der Waals surface area contributed by atoms with Gasteiger partial charge in [0.25, 0.3) is 0 Å². The summed E-state index contributed by atoms with van der Waals surface area (Å²) in [7, 11) is 0. The molecule has 0 unspecified atom stereocenters. The lowest BCUT2D eigenvalue weighted by Gasteiger charge is -2.37. The quantitative estimate of drug-likeness (QED) is 0.697. The van der Waals surface area contributed by atoms with Crippen molar-refractivity contribution in [3.05, 3.63) is 5.69 Å². The van der Waals surface area contributed by atoms with Crippen molar-refractivity contribution in [2.45, 2.75) is 26.5 Å². The monoisotopic (exact) mass is 196 g/mol. The molecule has 1 aromatic rings. The normalized spacial score (nSPS) is 17.2. The molecule has 0 spiro atoms. The molecule has 5 nitrogen and oxygen atoms in total. The number of aliphatic hydroxyl groups excluding tert-OH is 1. The van der Waals surface area contributed by atoms with Gasteiger partial charge >= 0.3 is 0 Å². The van der Waals surface area contributed by atoms with Crippen LogP contribution in [-0.4, -0.2) is 34.1 Å². The summed E-state index contributed by atoms with van der Waals surface area (Å²) in [6, 6.07) is 0. The van der Waals surface area contributed by atoms with Crippen LogP contribution in [0.2, 0.25) is 0 Å². The summed E-state index contributed by atoms with van der Waals surface area (Å²) in [5, 5.41) is 13.6. The molecule has 0 atom stereocenters. The topological polar surface area (TPSA) is 67.3 Å². The molecule has 2 heterocycles. The highest BCUT2D eigenvalue weighted by molar-refractivity contribution is 5.67. The third-order valence-electron chi connectivity index (χ3n) is 2.61. The van der Waals surface area contributed by atoms with E-state index >= 15 is 0 Å². The molecule has 0 radical (unpaired) electrons. The summed E-state index contributed by atoms with van der Waals surface area (Å²) >= 11 is 0. The lowest BCUT2D eigenvalue weighted by atomic mass is 10.1. The molecule has 0 aromatic carbocycles. The number of aromatic nitrogens is 2. The van der Waals surface area contributed by atoms with E-state index in [1.165, 1.54) is 0 Å². The Bertz CT molecular complexity index is 341. The first kappa shape index (κ1) is 9.33. The molecule has 1 fully saturated rings. The van der Waals surface area contributed by atoms with Crippen LogP contribution in [0, 0.1) is 6.92 Å². The van der Waals surface area contributed by atoms with Crippen LogP contribution < -0.4 is 10.6 Å². The van der Waals surface area contributed by atoms with Crippen molar-refractivity contribution < 1.29 is 5.11 Å². The third kappa shape index (κ3) is 1.24. The summed E-state index contributed by atoms with van der Waals surface area (Å²) in [4.78, 5) is 2.06. The number of nitrogens with zero attached hydrogens (tertiary/aromatic N) is 3. The second-order valence-corrected chi connectivity index (χ2v) is 3.70. The first-order chi connectivity index (χ1) is 6.63. The minimum Gasteiger partial charge on any atom is -0.394 e. The van der Waals surface area contributed by atoms with E-state index in [0.717, 1.165) is 23.7 Å². The number of nitrogens with two attached hydrogens (primary N) is 1. The summed E-state index contributed by atoms with van der Waals surface area (Å²) in [6.45, 7) is 6.07. The molecular weight excluding hydrogens is 180 g/mol. The Balaban J connectivity index is 2.31. The van der Waals surface area contributed by atoms with Gasteiger partial charge in [0, 0.05) is 19.6 Å². The second kappa shape index (κ2) is 3.16. The average Bonchev–Trinajstić information content (AvgIpc) is 2.38. The third-order valence-corrected chi connectivity index (χ3v) is 2.61. The van der Waals surface area contributed by atoms with Gasteiger partial charge in [-0.3, -0.25) is 0 Å². The molecule has 5 heteroatoms. The highest BCUT2D eigenvalue weighted by Gasteiger charge is 2.29. The fourth-order valence-electron chi connectivity index (χ4n) is 1.77. The molecule has 1 aliphatic rings. The number of aliphatic hydroxyl groups is 1. The molecule has 14 heavy (non-hydrogen) atoms. The van der Waals surface area contributed by atoms with Crippen LogP contribution in [0.4, 0.5) is 11.5 Å². The van der Waals surface area contributed by atoms with Crippen molar-refractivity contribution in [2.24, 2.45) is 0 Å². The minimum absolute atomic E-state index is 0.213. The van der Waals surface area contributed by atoms with Crippen molar-refractivity contribution in [1.82, 2.24) is 9.78 Å². The van der Waals surface area contributed by atoms with E-state index in [2.05, 4.69) is 10.00 Å². The zero-order chi connectivity index (χ0) is 10.3. The van der Waals surface area contributed by atoms with E-state index in [1.807, 2.05) is 18.5 Å². The summed E-state index contributed by atoms with van der Waals surface area (Å²) in [6.07, 6.45) is -0.213. The molecule has 1 aliphatic heterocycles. The van der Waals surface area contributed by atoms with E-state index in [4.69, 9.17) is 5.73 Å². The van der Waals surface area contributed by atoms with Gasteiger partial charge in [-0.05, 0) is 13.8 Å². The van der Waals surface area contributed by atoms with Crippen LogP contribution in [0.3, 0.4) is 0 Å². The molecule has 3 N–H and O–H groups in total. The minimum atomic E-state index is -0.213. The average molecular weight is 196 g/mol. The van der Waals surface area contributed by atoms with Crippen LogP contribution in [0.1, 0.15) is 12.6 Å². The van der Waals surface area contributed by atoms with Gasteiger partial charge < -0.3 is 15.7 Å². The Morgan fingerprint density at radius 2 is 2.21 bits per heavy atom. The number of rotatable bonds is 2. The smallest absolute Gasteiger partial charge is 0.150 e. The lowest BCUT2D eigenvalue weighted by molar-refractivity contribution is 0.140. The van der Waals surface area contributed by atoms with Gasteiger partial charge in [0.2, 0.25) is 0 Å². The molecule has 0 amide bonds. The fourth-order valence-corrected chi connectivity index (χ4v) is 1.77. The van der Waals surface area contributed by atoms with Gasteiger partial charge in [-0.25, -0.2) is 4.68 Å². The number of aryl methyl sites for hydroxylation is 2. The molecule has 0 aliphatic carbocycles. The van der Waals surface area contributed by atoms with Crippen LogP contribution in [0.5, 0.6) is 0 Å². The van der Waals surface area contributed by atoms with Crippen molar-refractivity contribution in [1.29, 1.82) is 0 Å². The number of β-amino-alcohol motifs (C(OH)–C–C–N with tert-alkyl or cyclic N) is 1. The van der Waals surface area contributed by atoms with Crippen molar-refractivity contribution in [2.75, 3.05) is 23.7 Å². The molecule has 1 saturated heterocycles. The van der Waals surface area contributed by atoms with Gasteiger partial charge in [-0.2, -0.15) is 5.10 Å². The van der Waals surface area contributed by atoms with E-state index in [0.29, 0.717) is 13.1 Å². The van der Waals surface area contributed by atoms with E-state index in [-0.39, 0.29) is 6.10 Å². The summed E-state index contributed by atoms with van der Waals surface area (Å²) < 4.78 is 1.89. The zero-order valence-electron chi connectivity index (χ0n) is 8.56. The highest BCUT2D eigenvalue weighted by Crippen LogP contribution is 2.29. The fraction of sp³-hybridized carbons (Fsp3) is 0.667. The SMILES string of the molecule is CCn1nc(C)c(N)c1N1CC(O)C1. The number of hydrogen-bond donors (Lipinski definition) is 2. The Morgan fingerprint density at radius 3 is 2.71 bits per heavy atom. The van der Waals surface area contributed by atoms with E-state index < -0.39 is 0 Å². The molecule has 1 aromatic heterocycles. The van der Waals surface area contributed by atoms with Crippen molar-refractivity contribution in [3.63, 3.8) is 0 Å². The summed E-state index contributed by atoms with van der Waals surface area (Å²) in [5.41, 5.74) is 7.53. The van der Waals surface area contributed by atoms with Crippen molar-refractivity contribution in [3.8, 4) is 0 Å². The molecule has 0 saturated carbocycles. The van der Waals surface area contributed by atoms with Crippen LogP contribution in [0.15, 0.2) is 0 Å². The highest BCUT2D eigenvalue weighted by atomic mass is 16.3. The number of hydrogen-bond acceptors (Lipinski definition) is 4. The van der Waals surface area contributed by atoms with Gasteiger partial charge in [-0.1, -0.05) is 0 Å². The molecule has 0 bridgehead atoms. The number of anilines is 2. The summed E-state index contributed by atoms with van der Waals surface area (Å²) in [5.74, 6) is 0.954. The maximum Gasteiger partial charge on any atom is 0.150 e. The molecular formula is C9H16N4O. The standard InChI is InChI=1S/C9H16N4O/c1-3-13-9(8(10)6(2)11-13)12-4-7(14)5-12/h7,14H,3-5,10H2,1-2H3. The zero-order valence-corrected chi connectivity index (χ0v) is 8.56. The second-order valence-electron chi connectivity index (χ2n) is 3.70. The Labute approximate surface area is 83.1 Å². The van der Waals surface area contributed by atoms with E-state index in [1.54, 1.807) is 0 Å². The maximum absolute atomic E-state index is 9.23. The predicted molar refractivity (Wildman–Crippen MR) is 55.3 cm³/mol. The number of nitrogen functional groups attached to an aromatic ring is 1. The Kier molecular flexibility index (Phi) is 2.11. The molecule has 2 rings (SSSR count). The van der Waals surface area contributed by atoms with Gasteiger partial charge in [0.15, 0.2) is 5.82 Å². The maximum atomic E-state index is 9.23. The Morgan fingerprint density at radius 1 is 1.57 bits per heavy atom. The molecule has 78 valence electrons. The van der Waals surface area contributed by atoms with Gasteiger partial charge in [0.1, 0.15) is 0 Å². The van der Waals surface area contributed by atoms with Gasteiger partial charge in [0.05, 0.1) is 17.5 Å². The first-order valence-electron chi connectivity index (χ1n) is 4.89. The van der Waals surface area contributed by atoms with Crippen LogP contribution in [0.25, 0.3) is 0 Å². The largest absolute Gasteiger partial charge is 0.394 e. The van der Waals surface area contributed by atoms with Gasteiger partial charge in [-0.15, -0.1) is 0 Å².